The van der Waals surface area contributed by atoms with Crippen LogP contribution in [0.15, 0.2) is 29.2 Å². The van der Waals surface area contributed by atoms with Crippen LogP contribution < -0.4 is 5.32 Å². The van der Waals surface area contributed by atoms with Gasteiger partial charge in [0, 0.05) is 18.0 Å². The van der Waals surface area contributed by atoms with Crippen LogP contribution in [0.4, 0.5) is 0 Å². The van der Waals surface area contributed by atoms with E-state index in [2.05, 4.69) is 42.8 Å². The fourth-order valence-corrected chi connectivity index (χ4v) is 2.62. The summed E-state index contributed by atoms with van der Waals surface area (Å²) >= 11 is 1.79. The number of benzene rings is 1. The largest absolute Gasteiger partial charge is 0.375 e. The number of thioether (sulfide) groups is 1. The van der Waals surface area contributed by atoms with Gasteiger partial charge in [-0.3, -0.25) is 0 Å². The lowest BCUT2D eigenvalue weighted by atomic mass is 9.95. The third-order valence-corrected chi connectivity index (χ3v) is 4.05. The zero-order chi connectivity index (χ0) is 12.1. The summed E-state index contributed by atoms with van der Waals surface area (Å²) in [5, 5.41) is 3.39. The first-order chi connectivity index (χ1) is 8.29. The lowest BCUT2D eigenvalue weighted by Crippen LogP contribution is -2.42. The van der Waals surface area contributed by atoms with Gasteiger partial charge in [-0.2, -0.15) is 0 Å². The van der Waals surface area contributed by atoms with E-state index in [4.69, 9.17) is 4.74 Å². The van der Waals surface area contributed by atoms with Gasteiger partial charge in [-0.15, -0.1) is 11.8 Å². The second-order valence-corrected chi connectivity index (χ2v) is 5.52. The molecule has 1 aliphatic heterocycles. The summed E-state index contributed by atoms with van der Waals surface area (Å²) in [6.07, 6.45) is 3.57. The van der Waals surface area contributed by atoms with Gasteiger partial charge >= 0.3 is 0 Å². The molecule has 0 aliphatic carbocycles. The Balaban J connectivity index is 1.89. The zero-order valence-corrected chi connectivity index (χ0v) is 11.4. The van der Waals surface area contributed by atoms with E-state index in [1.807, 2.05) is 0 Å². The molecular formula is C14H21NOS. The maximum atomic E-state index is 5.79. The summed E-state index contributed by atoms with van der Waals surface area (Å²) < 4.78 is 5.79. The van der Waals surface area contributed by atoms with Gasteiger partial charge in [0.2, 0.25) is 0 Å². The molecule has 1 fully saturated rings. The lowest BCUT2D eigenvalue weighted by molar-refractivity contribution is -0.00411. The molecule has 2 atom stereocenters. The fraction of sp³-hybridized carbons (Fsp3) is 0.571. The average molecular weight is 251 g/mol. The van der Waals surface area contributed by atoms with Crippen LogP contribution in [0.25, 0.3) is 0 Å². The predicted octanol–water partition coefficient (Wildman–Crippen LogP) is 2.58. The minimum absolute atomic E-state index is 0.365. The minimum Gasteiger partial charge on any atom is -0.375 e. The lowest BCUT2D eigenvalue weighted by Gasteiger charge is -2.28. The zero-order valence-electron chi connectivity index (χ0n) is 10.6. The van der Waals surface area contributed by atoms with Crippen molar-refractivity contribution in [2.75, 3.05) is 26.0 Å². The normalized spacial score (nSPS) is 22.4. The Hall–Kier alpha value is -0.510. The van der Waals surface area contributed by atoms with Crippen molar-refractivity contribution in [3.8, 4) is 0 Å². The monoisotopic (exact) mass is 251 g/mol. The highest BCUT2D eigenvalue weighted by atomic mass is 32.2. The summed E-state index contributed by atoms with van der Waals surface area (Å²) in [7, 11) is 0. The molecule has 2 unspecified atom stereocenters. The molecule has 0 radical (unpaired) electrons. The van der Waals surface area contributed by atoms with Crippen LogP contribution in [-0.4, -0.2) is 32.1 Å². The number of hydrogen-bond acceptors (Lipinski definition) is 3. The summed E-state index contributed by atoms with van der Waals surface area (Å²) in [5.74, 6) is 0.572. The van der Waals surface area contributed by atoms with Crippen molar-refractivity contribution in [1.82, 2.24) is 5.32 Å². The topological polar surface area (TPSA) is 21.3 Å². The van der Waals surface area contributed by atoms with Crippen LogP contribution in [0.1, 0.15) is 12.5 Å². The molecule has 17 heavy (non-hydrogen) atoms. The van der Waals surface area contributed by atoms with Gasteiger partial charge in [-0.05, 0) is 36.3 Å². The summed E-state index contributed by atoms with van der Waals surface area (Å²) in [4.78, 5) is 1.33. The Bertz CT molecular complexity index is 333. The first-order valence-electron chi connectivity index (χ1n) is 6.25. The van der Waals surface area contributed by atoms with E-state index in [1.54, 1.807) is 11.8 Å². The maximum absolute atomic E-state index is 5.79. The van der Waals surface area contributed by atoms with Crippen LogP contribution in [0.5, 0.6) is 0 Å². The molecule has 2 nitrogen and oxygen atoms in total. The standard InChI is InChI=1S/C14H21NOS/c1-11(14-10-15-7-8-16-14)9-12-3-5-13(17-2)6-4-12/h3-6,11,14-15H,7-10H2,1-2H3. The second-order valence-electron chi connectivity index (χ2n) is 4.64. The van der Waals surface area contributed by atoms with Crippen LogP contribution in [0, 0.1) is 5.92 Å². The van der Waals surface area contributed by atoms with Gasteiger partial charge in [-0.1, -0.05) is 19.1 Å². The molecule has 0 aromatic heterocycles. The van der Waals surface area contributed by atoms with Crippen LogP contribution in [0.3, 0.4) is 0 Å². The summed E-state index contributed by atoms with van der Waals surface area (Å²) in [6.45, 7) is 5.11. The highest BCUT2D eigenvalue weighted by Gasteiger charge is 2.20. The van der Waals surface area contributed by atoms with E-state index in [9.17, 15) is 0 Å². The Morgan fingerprint density at radius 1 is 1.41 bits per heavy atom. The quantitative estimate of drug-likeness (QED) is 0.831. The number of morpholine rings is 1. The van der Waals surface area contributed by atoms with Crippen molar-refractivity contribution in [3.05, 3.63) is 29.8 Å². The Labute approximate surface area is 108 Å². The summed E-state index contributed by atoms with van der Waals surface area (Å²) in [6, 6.07) is 8.87. The predicted molar refractivity (Wildman–Crippen MR) is 73.7 cm³/mol. The first-order valence-corrected chi connectivity index (χ1v) is 7.47. The highest BCUT2D eigenvalue weighted by molar-refractivity contribution is 7.98. The molecule has 0 bridgehead atoms. The molecule has 1 heterocycles. The number of rotatable bonds is 4. The summed E-state index contributed by atoms with van der Waals surface area (Å²) in [5.41, 5.74) is 1.41. The van der Waals surface area contributed by atoms with Crippen molar-refractivity contribution >= 4 is 11.8 Å². The van der Waals surface area contributed by atoms with Gasteiger partial charge < -0.3 is 10.1 Å². The maximum Gasteiger partial charge on any atom is 0.0728 e. The third-order valence-electron chi connectivity index (χ3n) is 3.31. The molecular weight excluding hydrogens is 230 g/mol. The molecule has 3 heteroatoms. The Morgan fingerprint density at radius 3 is 2.76 bits per heavy atom. The van der Waals surface area contributed by atoms with Crippen molar-refractivity contribution in [2.24, 2.45) is 5.92 Å². The van der Waals surface area contributed by atoms with E-state index in [0.29, 0.717) is 12.0 Å². The minimum atomic E-state index is 0.365. The van der Waals surface area contributed by atoms with E-state index < -0.39 is 0 Å². The molecule has 0 saturated carbocycles. The van der Waals surface area contributed by atoms with Gasteiger partial charge in [-0.25, -0.2) is 0 Å². The van der Waals surface area contributed by atoms with Crippen molar-refractivity contribution in [1.29, 1.82) is 0 Å². The molecule has 2 rings (SSSR count). The van der Waals surface area contributed by atoms with Gasteiger partial charge in [0.1, 0.15) is 0 Å². The molecule has 1 aromatic rings. The van der Waals surface area contributed by atoms with Crippen molar-refractivity contribution in [2.45, 2.75) is 24.3 Å². The first kappa shape index (κ1) is 12.9. The Morgan fingerprint density at radius 2 is 2.18 bits per heavy atom. The molecule has 1 aromatic carbocycles. The van der Waals surface area contributed by atoms with Crippen LogP contribution >= 0.6 is 11.8 Å². The van der Waals surface area contributed by atoms with Crippen LogP contribution in [-0.2, 0) is 11.2 Å². The molecule has 94 valence electrons. The number of nitrogens with one attached hydrogen (secondary N) is 1. The average Bonchev–Trinajstić information content (AvgIpc) is 2.40. The van der Waals surface area contributed by atoms with Gasteiger partial charge in [0.15, 0.2) is 0 Å². The molecule has 1 N–H and O–H groups in total. The molecule has 1 aliphatic rings. The number of ether oxygens (including phenoxy) is 1. The van der Waals surface area contributed by atoms with E-state index in [0.717, 1.165) is 26.1 Å². The number of hydrogen-bond donors (Lipinski definition) is 1. The van der Waals surface area contributed by atoms with Crippen LogP contribution in [0.2, 0.25) is 0 Å². The molecule has 0 amide bonds. The van der Waals surface area contributed by atoms with Crippen molar-refractivity contribution in [3.63, 3.8) is 0 Å². The smallest absolute Gasteiger partial charge is 0.0728 e. The Kier molecular flexibility index (Phi) is 4.89. The van der Waals surface area contributed by atoms with E-state index >= 15 is 0 Å². The molecule has 1 saturated heterocycles. The van der Waals surface area contributed by atoms with Gasteiger partial charge in [0.05, 0.1) is 12.7 Å². The van der Waals surface area contributed by atoms with E-state index in [-0.39, 0.29) is 0 Å². The molecule has 0 spiro atoms. The second kappa shape index (κ2) is 6.43. The van der Waals surface area contributed by atoms with Gasteiger partial charge in [0.25, 0.3) is 0 Å². The third kappa shape index (κ3) is 3.73. The van der Waals surface area contributed by atoms with E-state index in [1.165, 1.54) is 10.5 Å². The highest BCUT2D eigenvalue weighted by Crippen LogP contribution is 2.19. The SMILES string of the molecule is CSc1ccc(CC(C)C2CNCCO2)cc1. The van der Waals surface area contributed by atoms with Crippen molar-refractivity contribution < 1.29 is 4.74 Å². The fourth-order valence-electron chi connectivity index (χ4n) is 2.22.